The number of anilines is 1. The highest BCUT2D eigenvalue weighted by molar-refractivity contribution is 5.99. The lowest BCUT2D eigenvalue weighted by molar-refractivity contribution is -0.138. The molecular formula is C22H24F3N3O3. The lowest BCUT2D eigenvalue weighted by Crippen LogP contribution is -2.30. The van der Waals surface area contributed by atoms with Crippen LogP contribution in [0, 0.1) is 0 Å². The summed E-state index contributed by atoms with van der Waals surface area (Å²) in [6, 6.07) is 7.76. The Hall–Kier alpha value is -3.07. The van der Waals surface area contributed by atoms with Crippen molar-refractivity contribution < 1.29 is 27.9 Å². The van der Waals surface area contributed by atoms with Gasteiger partial charge < -0.3 is 21.1 Å². The molecule has 0 spiro atoms. The Morgan fingerprint density at radius 2 is 1.84 bits per heavy atom. The second-order valence-corrected chi connectivity index (χ2v) is 7.57. The van der Waals surface area contributed by atoms with E-state index >= 15 is 0 Å². The number of alkyl halides is 3. The maximum absolute atomic E-state index is 13.6. The van der Waals surface area contributed by atoms with Crippen LogP contribution in [0.5, 0.6) is 5.75 Å². The highest BCUT2D eigenvalue weighted by Crippen LogP contribution is 2.35. The fraction of sp³-hybridized carbons (Fsp3) is 0.364. The van der Waals surface area contributed by atoms with Crippen molar-refractivity contribution in [3.05, 3.63) is 58.7 Å². The number of phenols is 1. The van der Waals surface area contributed by atoms with E-state index in [1.165, 1.54) is 24.0 Å². The summed E-state index contributed by atoms with van der Waals surface area (Å²) >= 11 is 0. The first-order valence-corrected chi connectivity index (χ1v) is 9.95. The normalized spacial score (nSPS) is 15.1. The number of rotatable bonds is 5. The molecule has 2 aromatic carbocycles. The summed E-state index contributed by atoms with van der Waals surface area (Å²) in [5.74, 6) is -2.22. The number of carbonyl (C=O) groups is 2. The summed E-state index contributed by atoms with van der Waals surface area (Å²) in [7, 11) is 0. The zero-order valence-corrected chi connectivity index (χ0v) is 17.0. The lowest BCUT2D eigenvalue weighted by Gasteiger charge is -2.20. The van der Waals surface area contributed by atoms with Crippen molar-refractivity contribution in [1.29, 1.82) is 0 Å². The van der Waals surface area contributed by atoms with Gasteiger partial charge in [-0.15, -0.1) is 0 Å². The Balaban J connectivity index is 1.86. The minimum Gasteiger partial charge on any atom is -0.508 e. The first-order valence-electron chi connectivity index (χ1n) is 9.95. The van der Waals surface area contributed by atoms with Crippen molar-refractivity contribution in [2.24, 2.45) is 5.73 Å². The molecule has 3 rings (SSSR count). The number of amides is 2. The largest absolute Gasteiger partial charge is 0.508 e. The summed E-state index contributed by atoms with van der Waals surface area (Å²) in [6.45, 7) is 2.60. The minimum atomic E-state index is -4.76. The molecule has 0 aliphatic carbocycles. The molecule has 1 saturated heterocycles. The molecule has 2 aromatic rings. The van der Waals surface area contributed by atoms with Gasteiger partial charge in [0, 0.05) is 30.9 Å². The van der Waals surface area contributed by atoms with E-state index in [0.29, 0.717) is 24.2 Å². The van der Waals surface area contributed by atoms with Crippen LogP contribution in [0.1, 0.15) is 52.7 Å². The molecule has 1 heterocycles. The van der Waals surface area contributed by atoms with Crippen LogP contribution in [-0.4, -0.2) is 34.9 Å². The van der Waals surface area contributed by atoms with Gasteiger partial charge in [-0.2, -0.15) is 13.2 Å². The highest BCUT2D eigenvalue weighted by atomic mass is 19.4. The second-order valence-electron chi connectivity index (χ2n) is 7.57. The second kappa shape index (κ2) is 8.97. The van der Waals surface area contributed by atoms with E-state index in [9.17, 15) is 27.9 Å². The van der Waals surface area contributed by atoms with E-state index in [1.54, 1.807) is 12.1 Å². The Kier molecular flexibility index (Phi) is 6.54. The third-order valence-electron chi connectivity index (χ3n) is 5.40. The number of hydrogen-bond donors (Lipinski definition) is 3. The summed E-state index contributed by atoms with van der Waals surface area (Å²) in [5.41, 5.74) is 4.99. The molecular weight excluding hydrogens is 411 g/mol. The molecule has 166 valence electrons. The van der Waals surface area contributed by atoms with E-state index in [4.69, 9.17) is 5.73 Å². The van der Waals surface area contributed by atoms with Crippen molar-refractivity contribution in [3.63, 3.8) is 0 Å². The van der Waals surface area contributed by atoms with E-state index < -0.39 is 35.0 Å². The molecule has 6 nitrogen and oxygen atoms in total. The van der Waals surface area contributed by atoms with Crippen molar-refractivity contribution >= 4 is 17.5 Å². The van der Waals surface area contributed by atoms with Crippen LogP contribution in [0.4, 0.5) is 18.9 Å². The van der Waals surface area contributed by atoms with Crippen LogP contribution in [0.2, 0.25) is 0 Å². The molecule has 4 N–H and O–H groups in total. The number of benzene rings is 2. The third kappa shape index (κ3) is 4.99. The van der Waals surface area contributed by atoms with Crippen LogP contribution in [0.25, 0.3) is 0 Å². The van der Waals surface area contributed by atoms with Crippen LogP contribution in [0.15, 0.2) is 36.4 Å². The zero-order valence-electron chi connectivity index (χ0n) is 17.0. The minimum absolute atomic E-state index is 0.0865. The molecule has 1 unspecified atom stereocenters. The molecule has 0 saturated carbocycles. The highest BCUT2D eigenvalue weighted by Gasteiger charge is 2.37. The molecule has 1 atom stereocenters. The van der Waals surface area contributed by atoms with Gasteiger partial charge in [0.05, 0.1) is 17.0 Å². The number of carbonyl (C=O) groups excluding carboxylic acids is 2. The summed E-state index contributed by atoms with van der Waals surface area (Å²) in [6.07, 6.45) is -3.24. The number of halogens is 3. The number of nitrogens with zero attached hydrogens (tertiary/aromatic N) is 1. The maximum atomic E-state index is 13.6. The van der Waals surface area contributed by atoms with Crippen LogP contribution in [-0.2, 0) is 17.5 Å². The van der Waals surface area contributed by atoms with Crippen molar-refractivity contribution in [2.75, 3.05) is 18.4 Å². The van der Waals surface area contributed by atoms with Gasteiger partial charge in [0.2, 0.25) is 5.91 Å². The number of nitrogens with two attached hydrogens (primary N) is 1. The number of aromatic hydroxyl groups is 1. The Morgan fingerprint density at radius 3 is 2.45 bits per heavy atom. The summed E-state index contributed by atoms with van der Waals surface area (Å²) in [4.78, 5) is 26.6. The SMILES string of the molecule is CC(C(=O)Nc1ccc(C(=O)N2CCCC2)c(C(F)(F)F)c1)c1cc(CN)ccc1O. The molecule has 2 amide bonds. The lowest BCUT2D eigenvalue weighted by atomic mass is 9.96. The molecule has 1 fully saturated rings. The Bertz CT molecular complexity index is 986. The molecule has 0 bridgehead atoms. The smallest absolute Gasteiger partial charge is 0.417 e. The van der Waals surface area contributed by atoms with E-state index in [0.717, 1.165) is 25.0 Å². The van der Waals surface area contributed by atoms with Gasteiger partial charge in [-0.1, -0.05) is 12.1 Å². The van der Waals surface area contributed by atoms with Crippen molar-refractivity contribution in [2.45, 2.75) is 38.4 Å². The maximum Gasteiger partial charge on any atom is 0.417 e. The molecule has 0 radical (unpaired) electrons. The number of phenolic OH excluding ortho intramolecular Hbond substituents is 1. The van der Waals surface area contributed by atoms with E-state index in [2.05, 4.69) is 5.32 Å². The molecule has 9 heteroatoms. The van der Waals surface area contributed by atoms with Gasteiger partial charge in [0.15, 0.2) is 0 Å². The molecule has 1 aliphatic heterocycles. The van der Waals surface area contributed by atoms with Crippen molar-refractivity contribution in [3.8, 4) is 5.75 Å². The Labute approximate surface area is 177 Å². The van der Waals surface area contributed by atoms with Gasteiger partial charge in [0.25, 0.3) is 5.91 Å². The van der Waals surface area contributed by atoms with Crippen LogP contribution >= 0.6 is 0 Å². The van der Waals surface area contributed by atoms with Gasteiger partial charge in [-0.05, 0) is 49.6 Å². The Morgan fingerprint density at radius 1 is 1.16 bits per heavy atom. The van der Waals surface area contributed by atoms with Gasteiger partial charge in [0.1, 0.15) is 5.75 Å². The topological polar surface area (TPSA) is 95.7 Å². The fourth-order valence-electron chi connectivity index (χ4n) is 3.60. The van der Waals surface area contributed by atoms with Gasteiger partial charge in [-0.25, -0.2) is 0 Å². The molecule has 0 aromatic heterocycles. The van der Waals surface area contributed by atoms with Crippen LogP contribution < -0.4 is 11.1 Å². The van der Waals surface area contributed by atoms with E-state index in [-0.39, 0.29) is 18.0 Å². The predicted molar refractivity (Wildman–Crippen MR) is 110 cm³/mol. The summed E-state index contributed by atoms with van der Waals surface area (Å²) < 4.78 is 40.9. The quantitative estimate of drug-likeness (QED) is 0.665. The van der Waals surface area contributed by atoms with Crippen LogP contribution in [0.3, 0.4) is 0 Å². The first-order chi connectivity index (χ1) is 14.6. The average molecular weight is 435 g/mol. The summed E-state index contributed by atoms with van der Waals surface area (Å²) in [5, 5.41) is 12.5. The first kappa shape index (κ1) is 22.6. The van der Waals surface area contributed by atoms with E-state index in [1.807, 2.05) is 0 Å². The van der Waals surface area contributed by atoms with Gasteiger partial charge >= 0.3 is 6.18 Å². The molecule has 31 heavy (non-hydrogen) atoms. The van der Waals surface area contributed by atoms with Crippen molar-refractivity contribution in [1.82, 2.24) is 4.90 Å². The number of likely N-dealkylation sites (tertiary alicyclic amines) is 1. The fourth-order valence-corrected chi connectivity index (χ4v) is 3.60. The average Bonchev–Trinajstić information content (AvgIpc) is 3.27. The molecule has 1 aliphatic rings. The van der Waals surface area contributed by atoms with Gasteiger partial charge in [-0.3, -0.25) is 9.59 Å². The number of nitrogens with one attached hydrogen (secondary N) is 1. The predicted octanol–water partition coefficient (Wildman–Crippen LogP) is 3.85. The monoisotopic (exact) mass is 435 g/mol. The number of hydrogen-bond acceptors (Lipinski definition) is 4. The third-order valence-corrected chi connectivity index (χ3v) is 5.40. The zero-order chi connectivity index (χ0) is 22.8. The standard InChI is InChI=1S/C22H24F3N3O3/c1-13(17-10-14(12-26)4-7-19(17)29)20(30)27-15-5-6-16(18(11-15)22(23,24)25)21(31)28-8-2-3-9-28/h4-7,10-11,13,29H,2-3,8-9,12,26H2,1H3,(H,27,30).